The standard InChI is InChI=1S/C16H28N2O/c1-6-16(5,19-7-2)15(18-17)11-14-9-8-12(3)13(4)10-14/h8-10,15,18H,6-7,11,17H2,1-5H3. The summed E-state index contributed by atoms with van der Waals surface area (Å²) < 4.78 is 5.92. The molecule has 3 nitrogen and oxygen atoms in total. The van der Waals surface area contributed by atoms with Gasteiger partial charge in [-0.1, -0.05) is 25.1 Å². The second-order valence-electron chi connectivity index (χ2n) is 5.44. The number of nitrogens with two attached hydrogens (primary N) is 1. The predicted molar refractivity (Wildman–Crippen MR) is 81.1 cm³/mol. The van der Waals surface area contributed by atoms with Gasteiger partial charge in [0, 0.05) is 6.61 Å². The third-order valence-corrected chi connectivity index (χ3v) is 4.13. The van der Waals surface area contributed by atoms with E-state index in [1.54, 1.807) is 0 Å². The van der Waals surface area contributed by atoms with Crippen LogP contribution in [0.4, 0.5) is 0 Å². The molecule has 108 valence electrons. The Kier molecular flexibility index (Phi) is 5.98. The molecule has 0 amide bonds. The van der Waals surface area contributed by atoms with Crippen LogP contribution in [0.1, 0.15) is 43.9 Å². The largest absolute Gasteiger partial charge is 0.374 e. The summed E-state index contributed by atoms with van der Waals surface area (Å²) in [6.07, 6.45) is 1.81. The molecule has 0 saturated heterocycles. The minimum absolute atomic E-state index is 0.111. The highest BCUT2D eigenvalue weighted by Gasteiger charge is 2.32. The van der Waals surface area contributed by atoms with Gasteiger partial charge in [-0.05, 0) is 57.2 Å². The summed E-state index contributed by atoms with van der Waals surface area (Å²) in [5, 5.41) is 0. The van der Waals surface area contributed by atoms with Crippen molar-refractivity contribution in [3.63, 3.8) is 0 Å². The number of nitrogens with one attached hydrogen (secondary N) is 1. The Bertz CT molecular complexity index is 406. The average molecular weight is 264 g/mol. The molecule has 19 heavy (non-hydrogen) atoms. The molecule has 2 atom stereocenters. The molecule has 0 aliphatic carbocycles. The number of aryl methyl sites for hydroxylation is 2. The van der Waals surface area contributed by atoms with Crippen LogP contribution in [-0.2, 0) is 11.2 Å². The van der Waals surface area contributed by atoms with Crippen LogP contribution in [0.2, 0.25) is 0 Å². The molecule has 0 aliphatic rings. The molecular weight excluding hydrogens is 236 g/mol. The van der Waals surface area contributed by atoms with Crippen molar-refractivity contribution in [1.82, 2.24) is 5.43 Å². The summed E-state index contributed by atoms with van der Waals surface area (Å²) in [5.41, 5.74) is 6.64. The highest BCUT2D eigenvalue weighted by atomic mass is 16.5. The van der Waals surface area contributed by atoms with E-state index in [0.717, 1.165) is 12.8 Å². The number of benzene rings is 1. The number of ether oxygens (including phenoxy) is 1. The molecule has 0 heterocycles. The highest BCUT2D eigenvalue weighted by molar-refractivity contribution is 5.30. The summed E-state index contributed by atoms with van der Waals surface area (Å²) in [5.74, 6) is 5.75. The molecule has 1 aromatic rings. The van der Waals surface area contributed by atoms with Crippen LogP contribution >= 0.6 is 0 Å². The molecule has 2 unspecified atom stereocenters. The molecular formula is C16H28N2O. The van der Waals surface area contributed by atoms with Gasteiger partial charge in [0.2, 0.25) is 0 Å². The zero-order chi connectivity index (χ0) is 14.5. The van der Waals surface area contributed by atoms with E-state index >= 15 is 0 Å². The second-order valence-corrected chi connectivity index (χ2v) is 5.44. The number of hydrogen-bond acceptors (Lipinski definition) is 3. The fraction of sp³-hybridized carbons (Fsp3) is 0.625. The first-order valence-corrected chi connectivity index (χ1v) is 7.13. The van der Waals surface area contributed by atoms with Gasteiger partial charge < -0.3 is 4.74 Å². The Hall–Kier alpha value is -0.900. The van der Waals surface area contributed by atoms with Crippen molar-refractivity contribution < 1.29 is 4.74 Å². The van der Waals surface area contributed by atoms with E-state index < -0.39 is 0 Å². The lowest BCUT2D eigenvalue weighted by Gasteiger charge is -2.36. The van der Waals surface area contributed by atoms with Crippen molar-refractivity contribution in [1.29, 1.82) is 0 Å². The van der Waals surface area contributed by atoms with E-state index in [1.807, 2.05) is 6.92 Å². The van der Waals surface area contributed by atoms with Gasteiger partial charge in [-0.25, -0.2) is 0 Å². The van der Waals surface area contributed by atoms with Crippen LogP contribution in [-0.4, -0.2) is 18.2 Å². The van der Waals surface area contributed by atoms with Crippen LogP contribution in [0.25, 0.3) is 0 Å². The first-order chi connectivity index (χ1) is 8.96. The van der Waals surface area contributed by atoms with Gasteiger partial charge in [0.25, 0.3) is 0 Å². The van der Waals surface area contributed by atoms with E-state index in [9.17, 15) is 0 Å². The quantitative estimate of drug-likeness (QED) is 0.588. The Morgan fingerprint density at radius 1 is 1.26 bits per heavy atom. The molecule has 3 N–H and O–H groups in total. The van der Waals surface area contributed by atoms with E-state index in [-0.39, 0.29) is 11.6 Å². The van der Waals surface area contributed by atoms with Crippen molar-refractivity contribution in [3.8, 4) is 0 Å². The first-order valence-electron chi connectivity index (χ1n) is 7.13. The minimum Gasteiger partial charge on any atom is -0.374 e. The van der Waals surface area contributed by atoms with Gasteiger partial charge in [0.05, 0.1) is 11.6 Å². The van der Waals surface area contributed by atoms with Gasteiger partial charge in [-0.2, -0.15) is 0 Å². The molecule has 0 bridgehead atoms. The summed E-state index contributed by atoms with van der Waals surface area (Å²) in [6, 6.07) is 6.69. The Balaban J connectivity index is 2.88. The van der Waals surface area contributed by atoms with E-state index in [2.05, 4.69) is 51.3 Å². The van der Waals surface area contributed by atoms with Gasteiger partial charge in [-0.15, -0.1) is 0 Å². The van der Waals surface area contributed by atoms with Crippen LogP contribution in [0.3, 0.4) is 0 Å². The molecule has 0 radical (unpaired) electrons. The SMILES string of the molecule is CCOC(C)(CC)C(Cc1ccc(C)c(C)c1)NN. The van der Waals surface area contributed by atoms with Crippen molar-refractivity contribution in [3.05, 3.63) is 34.9 Å². The van der Waals surface area contributed by atoms with Gasteiger partial charge >= 0.3 is 0 Å². The van der Waals surface area contributed by atoms with Crippen molar-refractivity contribution >= 4 is 0 Å². The lowest BCUT2D eigenvalue weighted by molar-refractivity contribution is -0.0550. The molecule has 0 saturated carbocycles. The molecule has 1 rings (SSSR count). The van der Waals surface area contributed by atoms with Gasteiger partial charge in [0.15, 0.2) is 0 Å². The fourth-order valence-electron chi connectivity index (χ4n) is 2.40. The highest BCUT2D eigenvalue weighted by Crippen LogP contribution is 2.23. The van der Waals surface area contributed by atoms with E-state index in [0.29, 0.717) is 6.61 Å². The molecule has 1 aromatic carbocycles. The fourth-order valence-corrected chi connectivity index (χ4v) is 2.40. The minimum atomic E-state index is -0.234. The van der Waals surface area contributed by atoms with Crippen molar-refractivity contribution in [2.75, 3.05) is 6.61 Å². The van der Waals surface area contributed by atoms with E-state index in [4.69, 9.17) is 10.6 Å². The summed E-state index contributed by atoms with van der Waals surface area (Å²) >= 11 is 0. The van der Waals surface area contributed by atoms with Crippen molar-refractivity contribution in [2.24, 2.45) is 5.84 Å². The van der Waals surface area contributed by atoms with Crippen molar-refractivity contribution in [2.45, 2.75) is 59.1 Å². The zero-order valence-electron chi connectivity index (χ0n) is 12.9. The third-order valence-electron chi connectivity index (χ3n) is 4.13. The number of hydrogen-bond donors (Lipinski definition) is 2. The predicted octanol–water partition coefficient (Wildman–Crippen LogP) is 2.88. The van der Waals surface area contributed by atoms with Crippen LogP contribution < -0.4 is 11.3 Å². The van der Waals surface area contributed by atoms with Gasteiger partial charge in [0.1, 0.15) is 0 Å². The monoisotopic (exact) mass is 264 g/mol. The normalized spacial score (nSPS) is 16.1. The smallest absolute Gasteiger partial charge is 0.0820 e. The zero-order valence-corrected chi connectivity index (χ0v) is 12.9. The Morgan fingerprint density at radius 3 is 2.42 bits per heavy atom. The maximum Gasteiger partial charge on any atom is 0.0820 e. The summed E-state index contributed by atoms with van der Waals surface area (Å²) in [4.78, 5) is 0. The molecule has 0 aromatic heterocycles. The summed E-state index contributed by atoms with van der Waals surface area (Å²) in [7, 11) is 0. The molecule has 0 fully saturated rings. The number of hydrazine groups is 1. The maximum absolute atomic E-state index is 5.92. The topological polar surface area (TPSA) is 47.3 Å². The first kappa shape index (κ1) is 16.2. The maximum atomic E-state index is 5.92. The van der Waals surface area contributed by atoms with Crippen LogP contribution in [0.5, 0.6) is 0 Å². The molecule has 0 spiro atoms. The Labute approximate surface area is 117 Å². The van der Waals surface area contributed by atoms with Crippen LogP contribution in [0, 0.1) is 13.8 Å². The lowest BCUT2D eigenvalue weighted by Crippen LogP contribution is -2.54. The average Bonchev–Trinajstić information content (AvgIpc) is 2.40. The van der Waals surface area contributed by atoms with Gasteiger partial charge in [-0.3, -0.25) is 11.3 Å². The third kappa shape index (κ3) is 4.03. The molecule has 3 heteroatoms. The Morgan fingerprint density at radius 2 is 1.95 bits per heavy atom. The molecule has 0 aliphatic heterocycles. The lowest BCUT2D eigenvalue weighted by atomic mass is 9.88. The van der Waals surface area contributed by atoms with Crippen LogP contribution in [0.15, 0.2) is 18.2 Å². The summed E-state index contributed by atoms with van der Waals surface area (Å²) in [6.45, 7) is 11.3. The van der Waals surface area contributed by atoms with E-state index in [1.165, 1.54) is 16.7 Å². The second kappa shape index (κ2) is 7.04. The number of rotatable bonds is 7.